The topological polar surface area (TPSA) is 104 Å². The Morgan fingerprint density at radius 2 is 1.45 bits per heavy atom. The molecule has 8 nitrogen and oxygen atoms in total. The molecule has 0 saturated heterocycles. The summed E-state index contributed by atoms with van der Waals surface area (Å²) >= 11 is 5.96. The molecule has 0 aliphatic rings. The lowest BCUT2D eigenvalue weighted by molar-refractivity contribution is 0.219. The summed E-state index contributed by atoms with van der Waals surface area (Å²) in [5.74, 6) is 0.164. The van der Waals surface area contributed by atoms with Crippen LogP contribution in [-0.4, -0.2) is 27.9 Å². The van der Waals surface area contributed by atoms with E-state index in [9.17, 15) is 13.0 Å². The van der Waals surface area contributed by atoms with Crippen molar-refractivity contribution >= 4 is 29.5 Å². The Morgan fingerprint density at radius 3 is 1.90 bits per heavy atom. The zero-order valence-corrected chi connectivity index (χ0v) is 18.7. The lowest BCUT2D eigenvalue weighted by Crippen LogP contribution is -2.06. The van der Waals surface area contributed by atoms with Gasteiger partial charge in [-0.2, -0.15) is 13.5 Å². The summed E-state index contributed by atoms with van der Waals surface area (Å²) in [5, 5.41) is 4.77. The minimum Gasteiger partial charge on any atom is -0.383 e. The van der Waals surface area contributed by atoms with Gasteiger partial charge in [-0.1, -0.05) is 40.8 Å². The van der Waals surface area contributed by atoms with E-state index >= 15 is 0 Å². The molecule has 0 radical (unpaired) electrons. The van der Waals surface area contributed by atoms with Gasteiger partial charge in [-0.25, -0.2) is 4.57 Å². The fraction of sp³-hybridized carbons (Fsp3) is 0.333. The van der Waals surface area contributed by atoms with Gasteiger partial charge < -0.3 is 4.18 Å². The highest BCUT2D eigenvalue weighted by molar-refractivity contribution is 7.86. The molecule has 0 fully saturated rings. The summed E-state index contributed by atoms with van der Waals surface area (Å²) in [7, 11) is -7.37. The molecule has 1 atom stereocenters. The number of nitrogens with zero attached hydrogens (tertiary/aromatic N) is 2. The van der Waals surface area contributed by atoms with Gasteiger partial charge in [0.25, 0.3) is 0 Å². The molecule has 0 aliphatic carbocycles. The highest BCUT2D eigenvalue weighted by Gasteiger charge is 2.25. The van der Waals surface area contributed by atoms with Crippen LogP contribution in [0.1, 0.15) is 31.0 Å². The first-order chi connectivity index (χ1) is 13.7. The van der Waals surface area contributed by atoms with E-state index in [1.807, 2.05) is 0 Å². The number of hydrogen-bond donors (Lipinski definition) is 0. The number of benzene rings is 2. The van der Waals surface area contributed by atoms with Gasteiger partial charge in [-0.3, -0.25) is 9.05 Å². The zero-order valence-electron chi connectivity index (χ0n) is 16.2. The van der Waals surface area contributed by atoms with Gasteiger partial charge in [0.2, 0.25) is 0 Å². The third kappa shape index (κ3) is 7.53. The van der Waals surface area contributed by atoms with Gasteiger partial charge >= 0.3 is 17.9 Å². The van der Waals surface area contributed by atoms with Crippen LogP contribution in [0.25, 0.3) is 0 Å². The summed E-state index contributed by atoms with van der Waals surface area (Å²) in [4.78, 5) is 3.87. The van der Waals surface area contributed by atoms with Crippen molar-refractivity contribution in [3.63, 3.8) is 0 Å². The normalized spacial score (nSPS) is 13.5. The average Bonchev–Trinajstić information content (AvgIpc) is 2.64. The van der Waals surface area contributed by atoms with Crippen molar-refractivity contribution in [1.82, 2.24) is 0 Å². The number of halogens is 1. The molecule has 0 spiro atoms. The maximum Gasteiger partial charge on any atom is 0.471 e. The minimum atomic E-state index is -3.73. The second-order valence-electron chi connectivity index (χ2n) is 5.82. The van der Waals surface area contributed by atoms with Gasteiger partial charge in [-0.15, -0.1) is 0 Å². The Labute approximate surface area is 175 Å². The highest BCUT2D eigenvalue weighted by atomic mass is 35.5. The molecule has 0 heterocycles. The van der Waals surface area contributed by atoms with Gasteiger partial charge in [0.15, 0.2) is 0 Å². The van der Waals surface area contributed by atoms with E-state index in [0.29, 0.717) is 10.6 Å². The van der Waals surface area contributed by atoms with Crippen molar-refractivity contribution in [2.24, 2.45) is 10.00 Å². The van der Waals surface area contributed by atoms with Crippen molar-refractivity contribution in [2.75, 3.05) is 19.5 Å². The van der Waals surface area contributed by atoms with Crippen LogP contribution in [0.4, 0.5) is 0 Å². The largest absolute Gasteiger partial charge is 0.471 e. The first-order valence-corrected chi connectivity index (χ1v) is 12.4. The Kier molecular flexibility index (Phi) is 8.36. The van der Waals surface area contributed by atoms with Crippen molar-refractivity contribution in [3.05, 3.63) is 64.7 Å². The number of rotatable bonds is 10. The Morgan fingerprint density at radius 1 is 0.966 bits per heavy atom. The highest BCUT2D eigenvalue weighted by Crippen LogP contribution is 2.51. The van der Waals surface area contributed by atoms with E-state index in [0.717, 1.165) is 11.8 Å². The fourth-order valence-electron chi connectivity index (χ4n) is 2.38. The lowest BCUT2D eigenvalue weighted by atomic mass is 9.99. The van der Waals surface area contributed by atoms with Gasteiger partial charge in [-0.05, 0) is 49.2 Å². The van der Waals surface area contributed by atoms with Crippen molar-refractivity contribution in [1.29, 1.82) is 0 Å². The summed E-state index contributed by atoms with van der Waals surface area (Å²) in [5.41, 5.74) is 1.39. The Balaban J connectivity index is 2.41. The van der Waals surface area contributed by atoms with E-state index in [2.05, 4.69) is 10.00 Å². The fourth-order valence-corrected chi connectivity index (χ4v) is 4.03. The SMILES string of the molecule is CCOP(=O)(N=NC(c1ccc(Cl)cc1)c1ccc(OS(C)(=O)=O)cc1)OCC. The quantitative estimate of drug-likeness (QED) is 0.267. The smallest absolute Gasteiger partial charge is 0.383 e. The molecule has 0 amide bonds. The molecule has 1 unspecified atom stereocenters. The molecule has 0 N–H and O–H groups in total. The van der Waals surface area contributed by atoms with Crippen LogP contribution in [0.2, 0.25) is 5.02 Å². The molecule has 29 heavy (non-hydrogen) atoms. The standard InChI is InChI=1S/C18H22ClN2O6PS/c1-4-25-28(22,26-5-2)21-20-18(14-6-10-16(19)11-7-14)15-8-12-17(13-9-15)27-29(3,23)24/h6-13,18H,4-5H2,1-3H3. The molecule has 2 aromatic rings. The van der Waals surface area contributed by atoms with Crippen LogP contribution in [-0.2, 0) is 23.7 Å². The first kappa shape index (κ1) is 23.5. The minimum absolute atomic E-state index is 0.152. The van der Waals surface area contributed by atoms with Crippen LogP contribution < -0.4 is 4.18 Å². The summed E-state index contributed by atoms with van der Waals surface area (Å²) in [6.07, 6.45) is 0.963. The molecule has 2 rings (SSSR count). The van der Waals surface area contributed by atoms with E-state index in [1.54, 1.807) is 50.2 Å². The second kappa shape index (κ2) is 10.3. The predicted molar refractivity (Wildman–Crippen MR) is 111 cm³/mol. The first-order valence-electron chi connectivity index (χ1n) is 8.72. The van der Waals surface area contributed by atoms with E-state index < -0.39 is 23.9 Å². The predicted octanol–water partition coefficient (Wildman–Crippen LogP) is 5.40. The second-order valence-corrected chi connectivity index (χ2v) is 9.46. The van der Waals surface area contributed by atoms with E-state index in [-0.39, 0.29) is 19.0 Å². The van der Waals surface area contributed by atoms with Crippen LogP contribution in [0.15, 0.2) is 58.5 Å². The third-order valence-electron chi connectivity index (χ3n) is 3.49. The summed E-state index contributed by atoms with van der Waals surface area (Å²) in [6.45, 7) is 3.66. The van der Waals surface area contributed by atoms with Crippen LogP contribution >= 0.6 is 19.3 Å². The molecular formula is C18H22ClN2O6PS. The summed E-state index contributed by atoms with van der Waals surface area (Å²) < 4.78 is 50.3. The summed E-state index contributed by atoms with van der Waals surface area (Å²) in [6, 6.07) is 12.6. The average molecular weight is 461 g/mol. The molecule has 0 aliphatic heterocycles. The Hall–Kier alpha value is -1.77. The van der Waals surface area contributed by atoms with Crippen molar-refractivity contribution < 1.29 is 26.2 Å². The van der Waals surface area contributed by atoms with Crippen molar-refractivity contribution in [2.45, 2.75) is 19.9 Å². The number of hydrogen-bond acceptors (Lipinski definition) is 7. The van der Waals surface area contributed by atoms with Crippen LogP contribution in [0.5, 0.6) is 5.75 Å². The maximum absolute atomic E-state index is 12.6. The molecule has 2 aromatic carbocycles. The van der Waals surface area contributed by atoms with Crippen LogP contribution in [0.3, 0.4) is 0 Å². The molecule has 158 valence electrons. The molecule has 0 aromatic heterocycles. The molecular weight excluding hydrogens is 439 g/mol. The van der Waals surface area contributed by atoms with Gasteiger partial charge in [0.1, 0.15) is 11.8 Å². The van der Waals surface area contributed by atoms with Crippen LogP contribution in [0, 0.1) is 0 Å². The molecule has 0 bridgehead atoms. The lowest BCUT2D eigenvalue weighted by Gasteiger charge is -2.15. The third-order valence-corrected chi connectivity index (χ3v) is 5.73. The van der Waals surface area contributed by atoms with Crippen molar-refractivity contribution in [3.8, 4) is 5.75 Å². The van der Waals surface area contributed by atoms with E-state index in [1.165, 1.54) is 12.1 Å². The van der Waals surface area contributed by atoms with Gasteiger partial charge in [0, 0.05) is 5.02 Å². The maximum atomic E-state index is 12.6. The molecule has 11 heteroatoms. The van der Waals surface area contributed by atoms with E-state index in [4.69, 9.17) is 24.8 Å². The Bertz CT molecular complexity index is 970. The molecule has 0 saturated carbocycles. The van der Waals surface area contributed by atoms with Gasteiger partial charge in [0.05, 0.1) is 19.5 Å². The monoisotopic (exact) mass is 460 g/mol. The zero-order chi connectivity index (χ0) is 21.5.